The summed E-state index contributed by atoms with van der Waals surface area (Å²) in [6.45, 7) is 4.77. The standard InChI is InChI=1S/C19H22N4O3/c1-12-16(19(25)26-3)13(2)22-17(12)18(24)20-9-6-10-23-11-21-14-7-4-5-8-15(14)23/h4-5,7-8,11,22H,6,9-10H2,1-3H3,(H,20,24). The fraction of sp³-hybridized carbons (Fsp3) is 0.316. The lowest BCUT2D eigenvalue weighted by atomic mass is 10.1. The monoisotopic (exact) mass is 354 g/mol. The number of aromatic nitrogens is 3. The molecule has 26 heavy (non-hydrogen) atoms. The summed E-state index contributed by atoms with van der Waals surface area (Å²) in [7, 11) is 1.33. The predicted molar refractivity (Wildman–Crippen MR) is 98.3 cm³/mol. The molecule has 0 radical (unpaired) electrons. The summed E-state index contributed by atoms with van der Waals surface area (Å²) in [4.78, 5) is 31.5. The lowest BCUT2D eigenvalue weighted by Crippen LogP contribution is -2.26. The van der Waals surface area contributed by atoms with Crippen LogP contribution in [-0.4, -0.2) is 40.1 Å². The minimum Gasteiger partial charge on any atom is -0.465 e. The summed E-state index contributed by atoms with van der Waals surface area (Å²) in [5, 5.41) is 2.89. The van der Waals surface area contributed by atoms with Crippen molar-refractivity contribution in [3.8, 4) is 0 Å². The Labute approximate surface area is 151 Å². The number of hydrogen-bond acceptors (Lipinski definition) is 4. The third-order valence-corrected chi connectivity index (χ3v) is 4.44. The quantitative estimate of drug-likeness (QED) is 0.526. The van der Waals surface area contributed by atoms with Gasteiger partial charge in [0.05, 0.1) is 30.0 Å². The maximum absolute atomic E-state index is 12.4. The molecular formula is C19H22N4O3. The van der Waals surface area contributed by atoms with E-state index in [0.717, 1.165) is 24.0 Å². The molecule has 0 aliphatic rings. The largest absolute Gasteiger partial charge is 0.465 e. The van der Waals surface area contributed by atoms with Crippen LogP contribution in [0.5, 0.6) is 0 Å². The number of methoxy groups -OCH3 is 1. The Morgan fingerprint density at radius 2 is 2.04 bits per heavy atom. The van der Waals surface area contributed by atoms with Crippen molar-refractivity contribution in [3.63, 3.8) is 0 Å². The Morgan fingerprint density at radius 1 is 1.27 bits per heavy atom. The van der Waals surface area contributed by atoms with Gasteiger partial charge in [0.25, 0.3) is 5.91 Å². The topological polar surface area (TPSA) is 89.0 Å². The van der Waals surface area contributed by atoms with E-state index >= 15 is 0 Å². The molecule has 0 atom stereocenters. The van der Waals surface area contributed by atoms with Gasteiger partial charge in [-0.2, -0.15) is 0 Å². The van der Waals surface area contributed by atoms with Crippen molar-refractivity contribution in [2.75, 3.05) is 13.7 Å². The second-order valence-electron chi connectivity index (χ2n) is 6.15. The van der Waals surface area contributed by atoms with E-state index in [9.17, 15) is 9.59 Å². The van der Waals surface area contributed by atoms with Crippen LogP contribution in [0.2, 0.25) is 0 Å². The Morgan fingerprint density at radius 3 is 2.81 bits per heavy atom. The van der Waals surface area contributed by atoms with Crippen molar-refractivity contribution in [2.24, 2.45) is 0 Å². The van der Waals surface area contributed by atoms with Gasteiger partial charge in [-0.3, -0.25) is 4.79 Å². The predicted octanol–water partition coefficient (Wildman–Crippen LogP) is 2.59. The number of aromatic amines is 1. The number of carbonyl (C=O) groups is 2. The van der Waals surface area contributed by atoms with Crippen LogP contribution in [0.4, 0.5) is 0 Å². The number of fused-ring (bicyclic) bond motifs is 1. The lowest BCUT2D eigenvalue weighted by Gasteiger charge is -2.07. The van der Waals surface area contributed by atoms with Gasteiger partial charge in [-0.15, -0.1) is 0 Å². The van der Waals surface area contributed by atoms with E-state index in [1.807, 2.05) is 30.6 Å². The molecule has 0 aliphatic carbocycles. The van der Waals surface area contributed by atoms with Gasteiger partial charge in [0, 0.05) is 18.8 Å². The number of esters is 1. The van der Waals surface area contributed by atoms with E-state index in [1.165, 1.54) is 7.11 Å². The van der Waals surface area contributed by atoms with Crippen LogP contribution >= 0.6 is 0 Å². The van der Waals surface area contributed by atoms with Crippen LogP contribution in [0.1, 0.15) is 38.5 Å². The first-order valence-electron chi connectivity index (χ1n) is 8.48. The second-order valence-corrected chi connectivity index (χ2v) is 6.15. The number of nitrogens with zero attached hydrogens (tertiary/aromatic N) is 2. The van der Waals surface area contributed by atoms with Gasteiger partial charge >= 0.3 is 5.97 Å². The van der Waals surface area contributed by atoms with Crippen LogP contribution in [0, 0.1) is 13.8 Å². The molecule has 3 aromatic rings. The highest BCUT2D eigenvalue weighted by Gasteiger charge is 2.22. The van der Waals surface area contributed by atoms with Gasteiger partial charge in [0.1, 0.15) is 5.69 Å². The number of para-hydroxylation sites is 2. The minimum atomic E-state index is -0.442. The summed E-state index contributed by atoms with van der Waals surface area (Å²) in [6, 6.07) is 7.95. The Kier molecular flexibility index (Phi) is 5.06. The zero-order chi connectivity index (χ0) is 18.7. The van der Waals surface area contributed by atoms with E-state index in [0.29, 0.717) is 29.1 Å². The summed E-state index contributed by atoms with van der Waals surface area (Å²) >= 11 is 0. The number of hydrogen-bond donors (Lipinski definition) is 2. The molecule has 7 heteroatoms. The van der Waals surface area contributed by atoms with E-state index < -0.39 is 5.97 Å². The zero-order valence-electron chi connectivity index (χ0n) is 15.1. The van der Waals surface area contributed by atoms with Crippen molar-refractivity contribution < 1.29 is 14.3 Å². The number of H-pyrrole nitrogens is 1. The number of benzene rings is 1. The average Bonchev–Trinajstić information content (AvgIpc) is 3.18. The maximum atomic E-state index is 12.4. The van der Waals surface area contributed by atoms with E-state index in [4.69, 9.17) is 4.74 Å². The smallest absolute Gasteiger partial charge is 0.339 e. The molecule has 0 aliphatic heterocycles. The van der Waals surface area contributed by atoms with Crippen LogP contribution in [0.25, 0.3) is 11.0 Å². The lowest BCUT2D eigenvalue weighted by molar-refractivity contribution is 0.0599. The molecule has 1 aromatic carbocycles. The fourth-order valence-electron chi connectivity index (χ4n) is 3.11. The molecule has 1 amide bonds. The summed E-state index contributed by atoms with van der Waals surface area (Å²) < 4.78 is 6.84. The number of imidazole rings is 1. The highest BCUT2D eigenvalue weighted by Crippen LogP contribution is 2.18. The molecule has 0 fully saturated rings. The first-order chi connectivity index (χ1) is 12.5. The molecule has 0 bridgehead atoms. The normalized spacial score (nSPS) is 10.9. The minimum absolute atomic E-state index is 0.226. The SMILES string of the molecule is COC(=O)c1c(C)[nH]c(C(=O)NCCCn2cnc3ccccc32)c1C. The first kappa shape index (κ1) is 17.7. The van der Waals surface area contributed by atoms with Crippen molar-refractivity contribution >= 4 is 22.9 Å². The summed E-state index contributed by atoms with van der Waals surface area (Å²) in [5.74, 6) is -0.668. The fourth-order valence-corrected chi connectivity index (χ4v) is 3.11. The van der Waals surface area contributed by atoms with E-state index in [1.54, 1.807) is 13.8 Å². The zero-order valence-corrected chi connectivity index (χ0v) is 15.1. The average molecular weight is 354 g/mol. The highest BCUT2D eigenvalue weighted by atomic mass is 16.5. The molecule has 3 rings (SSSR count). The van der Waals surface area contributed by atoms with Crippen LogP contribution in [0.15, 0.2) is 30.6 Å². The third kappa shape index (κ3) is 3.33. The number of ether oxygens (including phenoxy) is 1. The summed E-state index contributed by atoms with van der Waals surface area (Å²) in [6.07, 6.45) is 2.59. The number of aryl methyl sites for hydroxylation is 2. The highest BCUT2D eigenvalue weighted by molar-refractivity contribution is 6.00. The Balaban J connectivity index is 1.59. The first-order valence-corrected chi connectivity index (χ1v) is 8.48. The second kappa shape index (κ2) is 7.43. The number of amides is 1. The number of carbonyl (C=O) groups excluding carboxylic acids is 2. The molecule has 0 saturated carbocycles. The van der Waals surface area contributed by atoms with Crippen LogP contribution in [-0.2, 0) is 11.3 Å². The van der Waals surface area contributed by atoms with Crippen molar-refractivity contribution in [3.05, 3.63) is 53.1 Å². The molecule has 2 N–H and O–H groups in total. The van der Waals surface area contributed by atoms with Crippen molar-refractivity contribution in [1.29, 1.82) is 0 Å². The van der Waals surface area contributed by atoms with Crippen LogP contribution in [0.3, 0.4) is 0 Å². The third-order valence-electron chi connectivity index (χ3n) is 4.44. The molecule has 2 heterocycles. The van der Waals surface area contributed by atoms with Gasteiger partial charge in [0.15, 0.2) is 0 Å². The van der Waals surface area contributed by atoms with Gasteiger partial charge < -0.3 is 19.6 Å². The van der Waals surface area contributed by atoms with Gasteiger partial charge in [-0.05, 0) is 38.0 Å². The van der Waals surface area contributed by atoms with E-state index in [-0.39, 0.29) is 5.91 Å². The molecule has 0 unspecified atom stereocenters. The van der Waals surface area contributed by atoms with E-state index in [2.05, 4.69) is 19.9 Å². The number of rotatable bonds is 6. The van der Waals surface area contributed by atoms with Crippen LogP contribution < -0.4 is 5.32 Å². The van der Waals surface area contributed by atoms with Crippen molar-refractivity contribution in [2.45, 2.75) is 26.8 Å². The van der Waals surface area contributed by atoms with Crippen molar-refractivity contribution in [1.82, 2.24) is 19.9 Å². The Hall–Kier alpha value is -3.09. The van der Waals surface area contributed by atoms with Gasteiger partial charge in [-0.25, -0.2) is 9.78 Å². The molecule has 7 nitrogen and oxygen atoms in total. The molecule has 2 aromatic heterocycles. The number of nitrogens with one attached hydrogen (secondary N) is 2. The van der Waals surface area contributed by atoms with Gasteiger partial charge in [-0.1, -0.05) is 12.1 Å². The molecule has 0 spiro atoms. The molecule has 136 valence electrons. The maximum Gasteiger partial charge on any atom is 0.339 e. The molecular weight excluding hydrogens is 332 g/mol. The summed E-state index contributed by atoms with van der Waals surface area (Å²) in [5.41, 5.74) is 4.09. The van der Waals surface area contributed by atoms with Gasteiger partial charge in [0.2, 0.25) is 0 Å². The Bertz CT molecular complexity index is 955. The molecule has 0 saturated heterocycles.